The van der Waals surface area contributed by atoms with Crippen LogP contribution in [0.25, 0.3) is 0 Å². The summed E-state index contributed by atoms with van der Waals surface area (Å²) in [5, 5.41) is 9.75. The van der Waals surface area contributed by atoms with Gasteiger partial charge in [0, 0.05) is 12.5 Å². The lowest BCUT2D eigenvalue weighted by atomic mass is 10.00. The van der Waals surface area contributed by atoms with Gasteiger partial charge in [-0.25, -0.2) is 13.1 Å². The van der Waals surface area contributed by atoms with Gasteiger partial charge >= 0.3 is 0 Å². The van der Waals surface area contributed by atoms with Crippen LogP contribution in [0.4, 0.5) is 0 Å². The van der Waals surface area contributed by atoms with E-state index in [0.29, 0.717) is 16.9 Å². The normalized spacial score (nSPS) is 17.6. The standard InChI is InChI=1S/C11H19NO3S/c1-8(2)12-16(14,15)10-6-5-9(7-10)11(3,4)13/h5,7-8,12-13H,6H2,1-4H3. The Morgan fingerprint density at radius 3 is 2.38 bits per heavy atom. The van der Waals surface area contributed by atoms with E-state index in [9.17, 15) is 13.5 Å². The minimum Gasteiger partial charge on any atom is -0.386 e. The molecule has 2 N–H and O–H groups in total. The van der Waals surface area contributed by atoms with Crippen molar-refractivity contribution in [2.75, 3.05) is 0 Å². The van der Waals surface area contributed by atoms with E-state index < -0.39 is 15.6 Å². The Bertz CT molecular complexity index is 425. The molecule has 0 spiro atoms. The van der Waals surface area contributed by atoms with E-state index in [1.54, 1.807) is 39.8 Å². The van der Waals surface area contributed by atoms with Crippen LogP contribution in [0.1, 0.15) is 34.1 Å². The molecular formula is C11H19NO3S. The molecule has 0 aliphatic heterocycles. The van der Waals surface area contributed by atoms with Gasteiger partial charge in [0.25, 0.3) is 0 Å². The quantitative estimate of drug-likeness (QED) is 0.784. The van der Waals surface area contributed by atoms with Crippen molar-refractivity contribution >= 4 is 10.0 Å². The predicted molar refractivity (Wildman–Crippen MR) is 64.3 cm³/mol. The molecule has 0 aromatic carbocycles. The first-order valence-corrected chi connectivity index (χ1v) is 6.77. The highest BCUT2D eigenvalue weighted by molar-refractivity contribution is 7.93. The summed E-state index contributed by atoms with van der Waals surface area (Å²) in [6.45, 7) is 6.83. The molecule has 0 heterocycles. The van der Waals surface area contributed by atoms with Gasteiger partial charge in [-0.15, -0.1) is 0 Å². The number of nitrogens with one attached hydrogen (secondary N) is 1. The van der Waals surface area contributed by atoms with Crippen molar-refractivity contribution in [3.05, 3.63) is 22.6 Å². The van der Waals surface area contributed by atoms with Crippen molar-refractivity contribution in [2.45, 2.75) is 45.8 Å². The highest BCUT2D eigenvalue weighted by atomic mass is 32.2. The molecule has 1 rings (SSSR count). The summed E-state index contributed by atoms with van der Waals surface area (Å²) in [6, 6.07) is -0.128. The zero-order valence-electron chi connectivity index (χ0n) is 10.1. The average molecular weight is 245 g/mol. The molecule has 0 saturated carbocycles. The largest absolute Gasteiger partial charge is 0.386 e. The number of hydrogen-bond donors (Lipinski definition) is 2. The molecule has 92 valence electrons. The predicted octanol–water partition coefficient (Wildman–Crippen LogP) is 1.30. The molecule has 0 bridgehead atoms. The van der Waals surface area contributed by atoms with Crippen LogP contribution in [0.15, 0.2) is 22.6 Å². The first-order valence-electron chi connectivity index (χ1n) is 5.29. The summed E-state index contributed by atoms with van der Waals surface area (Å²) >= 11 is 0. The Morgan fingerprint density at radius 1 is 1.44 bits per heavy atom. The molecule has 5 heteroatoms. The lowest BCUT2D eigenvalue weighted by Crippen LogP contribution is -2.31. The van der Waals surface area contributed by atoms with Gasteiger partial charge in [-0.1, -0.05) is 6.08 Å². The maximum absolute atomic E-state index is 11.8. The summed E-state index contributed by atoms with van der Waals surface area (Å²) in [6.07, 6.45) is 3.64. The van der Waals surface area contributed by atoms with Crippen molar-refractivity contribution in [2.24, 2.45) is 0 Å². The maximum atomic E-state index is 11.8. The third-order valence-corrected chi connectivity index (χ3v) is 4.04. The van der Waals surface area contributed by atoms with Crippen molar-refractivity contribution in [3.63, 3.8) is 0 Å². The van der Waals surface area contributed by atoms with E-state index in [0.717, 1.165) is 0 Å². The zero-order chi connectivity index (χ0) is 12.6. The second-order valence-electron chi connectivity index (χ2n) is 4.81. The SMILES string of the molecule is CC(C)NS(=O)(=O)C1=CC(C(C)(C)O)=CC1. The summed E-state index contributed by atoms with van der Waals surface area (Å²) < 4.78 is 26.2. The highest BCUT2D eigenvalue weighted by Gasteiger charge is 2.27. The van der Waals surface area contributed by atoms with Crippen molar-refractivity contribution in [1.82, 2.24) is 4.72 Å². The van der Waals surface area contributed by atoms with Crippen LogP contribution < -0.4 is 4.72 Å². The van der Waals surface area contributed by atoms with Crippen molar-refractivity contribution in [1.29, 1.82) is 0 Å². The third-order valence-electron chi connectivity index (χ3n) is 2.28. The van der Waals surface area contributed by atoms with Gasteiger partial charge in [0.1, 0.15) is 0 Å². The molecule has 0 aromatic heterocycles. The van der Waals surface area contributed by atoms with Crippen LogP contribution in [0.2, 0.25) is 0 Å². The Labute approximate surface area is 97.1 Å². The molecule has 0 saturated heterocycles. The van der Waals surface area contributed by atoms with Crippen molar-refractivity contribution < 1.29 is 13.5 Å². The van der Waals surface area contributed by atoms with Crippen LogP contribution >= 0.6 is 0 Å². The maximum Gasteiger partial charge on any atom is 0.237 e. The third kappa shape index (κ3) is 3.17. The molecule has 0 aromatic rings. The molecule has 4 nitrogen and oxygen atoms in total. The second kappa shape index (κ2) is 4.31. The number of rotatable bonds is 4. The van der Waals surface area contributed by atoms with Crippen LogP contribution in [0.3, 0.4) is 0 Å². The van der Waals surface area contributed by atoms with Crippen LogP contribution in [-0.2, 0) is 10.0 Å². The minimum atomic E-state index is -3.40. The van der Waals surface area contributed by atoms with Crippen LogP contribution in [-0.4, -0.2) is 25.2 Å². The number of hydrogen-bond acceptors (Lipinski definition) is 3. The number of allylic oxidation sites excluding steroid dienone is 2. The molecule has 0 fully saturated rings. The average Bonchev–Trinajstić information content (AvgIpc) is 2.47. The van der Waals surface area contributed by atoms with Gasteiger partial charge in [0.05, 0.1) is 10.5 Å². The topological polar surface area (TPSA) is 66.4 Å². The Kier molecular flexibility index (Phi) is 3.62. The fraction of sp³-hybridized carbons (Fsp3) is 0.636. The minimum absolute atomic E-state index is 0.128. The van der Waals surface area contributed by atoms with Gasteiger partial charge < -0.3 is 5.11 Å². The van der Waals surface area contributed by atoms with Crippen LogP contribution in [0.5, 0.6) is 0 Å². The first kappa shape index (κ1) is 13.4. The molecule has 0 radical (unpaired) electrons. The summed E-state index contributed by atoms with van der Waals surface area (Å²) in [5.41, 5.74) is -0.341. The van der Waals surface area contributed by atoms with Gasteiger partial charge in [-0.3, -0.25) is 0 Å². The van der Waals surface area contributed by atoms with E-state index >= 15 is 0 Å². The van der Waals surface area contributed by atoms with Crippen LogP contribution in [0, 0.1) is 0 Å². The zero-order valence-corrected chi connectivity index (χ0v) is 10.9. The van der Waals surface area contributed by atoms with E-state index in [1.165, 1.54) is 0 Å². The number of sulfonamides is 1. The smallest absolute Gasteiger partial charge is 0.237 e. The fourth-order valence-electron chi connectivity index (χ4n) is 1.50. The molecule has 1 aliphatic rings. The van der Waals surface area contributed by atoms with Gasteiger partial charge in [-0.2, -0.15) is 0 Å². The molecule has 16 heavy (non-hydrogen) atoms. The van der Waals surface area contributed by atoms with E-state index in [4.69, 9.17) is 0 Å². The Morgan fingerprint density at radius 2 is 2.00 bits per heavy atom. The van der Waals surface area contributed by atoms with Gasteiger partial charge in [0.2, 0.25) is 10.0 Å². The summed E-state index contributed by atoms with van der Waals surface area (Å²) in [7, 11) is -3.40. The fourth-order valence-corrected chi connectivity index (χ4v) is 2.86. The Hall–Kier alpha value is -0.650. The molecule has 1 aliphatic carbocycles. The molecule has 0 amide bonds. The lowest BCUT2D eigenvalue weighted by molar-refractivity contribution is 0.124. The molecule has 0 atom stereocenters. The van der Waals surface area contributed by atoms with E-state index in [-0.39, 0.29) is 6.04 Å². The molecule has 0 unspecified atom stereocenters. The summed E-state index contributed by atoms with van der Waals surface area (Å²) in [4.78, 5) is 0.318. The summed E-state index contributed by atoms with van der Waals surface area (Å²) in [5.74, 6) is 0. The van der Waals surface area contributed by atoms with Gasteiger partial charge in [-0.05, 0) is 39.3 Å². The monoisotopic (exact) mass is 245 g/mol. The number of aliphatic hydroxyl groups is 1. The second-order valence-corrected chi connectivity index (χ2v) is 6.58. The van der Waals surface area contributed by atoms with Crippen molar-refractivity contribution in [3.8, 4) is 0 Å². The molecular weight excluding hydrogens is 226 g/mol. The first-order chi connectivity index (χ1) is 7.13. The Balaban J connectivity index is 2.89. The van der Waals surface area contributed by atoms with E-state index in [2.05, 4.69) is 4.72 Å². The van der Waals surface area contributed by atoms with Gasteiger partial charge in [0.15, 0.2) is 0 Å². The highest BCUT2D eigenvalue weighted by Crippen LogP contribution is 2.28. The van der Waals surface area contributed by atoms with E-state index in [1.807, 2.05) is 0 Å². The lowest BCUT2D eigenvalue weighted by Gasteiger charge is -2.17.